The summed E-state index contributed by atoms with van der Waals surface area (Å²) in [5.41, 5.74) is 0.0157. The van der Waals surface area contributed by atoms with Gasteiger partial charge in [-0.2, -0.15) is 0 Å². The summed E-state index contributed by atoms with van der Waals surface area (Å²) in [6.45, 7) is 0. The number of ether oxygens (including phenoxy) is 2. The third-order valence-electron chi connectivity index (χ3n) is 4.61. The summed E-state index contributed by atoms with van der Waals surface area (Å²) in [6.07, 6.45) is 3.86. The van der Waals surface area contributed by atoms with Crippen molar-refractivity contribution in [3.05, 3.63) is 78.5 Å². The molecule has 3 aromatic rings. The number of benzene rings is 1. The number of nitrogens with one attached hydrogen (secondary N) is 1. The van der Waals surface area contributed by atoms with Crippen molar-refractivity contribution >= 4 is 22.0 Å². The fourth-order valence-corrected chi connectivity index (χ4v) is 4.37. The fraction of sp³-hybridized carbons (Fsp3) is 0.136. The van der Waals surface area contributed by atoms with E-state index in [1.54, 1.807) is 0 Å². The lowest BCUT2D eigenvalue weighted by Crippen LogP contribution is -2.22. The van der Waals surface area contributed by atoms with Gasteiger partial charge in [0.2, 0.25) is 0 Å². The normalized spacial score (nSPS) is 12.4. The third kappa shape index (κ3) is 5.30. The smallest absolute Gasteiger partial charge is 0.332 e. The van der Waals surface area contributed by atoms with Gasteiger partial charge in [0, 0.05) is 41.9 Å². The van der Waals surface area contributed by atoms with E-state index in [1.807, 2.05) is 0 Å². The van der Waals surface area contributed by atoms with E-state index in [0.717, 1.165) is 16.2 Å². The van der Waals surface area contributed by atoms with Crippen LogP contribution in [0.5, 0.6) is 5.75 Å². The molecule has 0 fully saturated rings. The molecule has 12 heteroatoms. The van der Waals surface area contributed by atoms with E-state index in [9.17, 15) is 22.4 Å². The number of aliphatic carboxylic acids is 1. The number of hydrogen-bond acceptors (Lipinski definition) is 8. The average molecular weight is 489 g/mol. The number of methoxy groups -OCH3 is 1. The number of carboxylic acid groups (broad SMARTS) is 1. The second-order valence-corrected chi connectivity index (χ2v) is 8.59. The van der Waals surface area contributed by atoms with E-state index in [-0.39, 0.29) is 21.7 Å². The Bertz CT molecular complexity index is 1340. The standard InChI is InChI=1S/C22H20FN3O7S/c1-24-22(33-21(29)8-7-20(27)28)14-10-19(17-11-15(32-2)5-6-18(17)23)26(13-14)34(30,31)16-4-3-9-25-12-16/h3-13,22,24H,1-2H3,(H,27,28)/b8-7+. The topological polar surface area (TPSA) is 137 Å². The van der Waals surface area contributed by atoms with Crippen LogP contribution in [0, 0.1) is 5.82 Å². The minimum absolute atomic E-state index is 0.0624. The Labute approximate surface area is 194 Å². The van der Waals surface area contributed by atoms with E-state index in [0.29, 0.717) is 17.9 Å². The summed E-state index contributed by atoms with van der Waals surface area (Å²) in [5, 5.41) is 11.4. The van der Waals surface area contributed by atoms with Crippen LogP contribution in [-0.4, -0.2) is 48.6 Å². The van der Waals surface area contributed by atoms with Gasteiger partial charge in [-0.05, 0) is 43.4 Å². The van der Waals surface area contributed by atoms with Crippen LogP contribution >= 0.6 is 0 Å². The zero-order valence-electron chi connectivity index (χ0n) is 18.0. The van der Waals surface area contributed by atoms with Gasteiger partial charge in [-0.1, -0.05) is 0 Å². The van der Waals surface area contributed by atoms with Crippen LogP contribution in [0.2, 0.25) is 0 Å². The van der Waals surface area contributed by atoms with Crippen molar-refractivity contribution < 1.29 is 37.0 Å². The molecule has 0 radical (unpaired) electrons. The zero-order chi connectivity index (χ0) is 24.9. The number of hydrogen-bond donors (Lipinski definition) is 2. The molecule has 10 nitrogen and oxygen atoms in total. The molecule has 1 atom stereocenters. The monoisotopic (exact) mass is 489 g/mol. The van der Waals surface area contributed by atoms with Gasteiger partial charge in [0.05, 0.1) is 12.8 Å². The van der Waals surface area contributed by atoms with Crippen molar-refractivity contribution in [2.24, 2.45) is 0 Å². The Balaban J connectivity index is 2.16. The fourth-order valence-electron chi connectivity index (χ4n) is 3.03. The molecule has 0 amide bonds. The second-order valence-electron chi connectivity index (χ2n) is 6.77. The molecule has 0 saturated carbocycles. The summed E-state index contributed by atoms with van der Waals surface area (Å²) in [4.78, 5) is 26.3. The molecule has 0 spiro atoms. The third-order valence-corrected chi connectivity index (χ3v) is 6.27. The number of halogens is 1. The van der Waals surface area contributed by atoms with Crippen molar-refractivity contribution in [1.29, 1.82) is 0 Å². The van der Waals surface area contributed by atoms with Crippen LogP contribution < -0.4 is 10.1 Å². The number of nitrogens with zero attached hydrogens (tertiary/aromatic N) is 2. The van der Waals surface area contributed by atoms with Crippen molar-refractivity contribution in [2.75, 3.05) is 14.2 Å². The van der Waals surface area contributed by atoms with Gasteiger partial charge in [0.25, 0.3) is 10.0 Å². The van der Waals surface area contributed by atoms with E-state index < -0.39 is 34.0 Å². The van der Waals surface area contributed by atoms with Crippen molar-refractivity contribution in [3.63, 3.8) is 0 Å². The van der Waals surface area contributed by atoms with Crippen molar-refractivity contribution in [1.82, 2.24) is 14.3 Å². The molecule has 2 N–H and O–H groups in total. The van der Waals surface area contributed by atoms with Crippen LogP contribution in [0.4, 0.5) is 4.39 Å². The maximum Gasteiger partial charge on any atom is 0.332 e. The van der Waals surface area contributed by atoms with Crippen LogP contribution in [0.25, 0.3) is 11.3 Å². The molecule has 3 rings (SSSR count). The first-order valence-corrected chi connectivity index (χ1v) is 11.1. The molecular weight excluding hydrogens is 469 g/mol. The summed E-state index contributed by atoms with van der Waals surface area (Å²) in [5.74, 6) is -2.75. The number of pyridine rings is 1. The Hall–Kier alpha value is -4.03. The molecule has 178 valence electrons. The van der Waals surface area contributed by atoms with E-state index in [1.165, 1.54) is 56.9 Å². The molecule has 0 aliphatic carbocycles. The summed E-state index contributed by atoms with van der Waals surface area (Å²) in [6, 6.07) is 7.96. The number of carbonyl (C=O) groups excluding carboxylic acids is 1. The average Bonchev–Trinajstić information content (AvgIpc) is 3.28. The lowest BCUT2D eigenvalue weighted by atomic mass is 10.1. The van der Waals surface area contributed by atoms with Crippen molar-refractivity contribution in [2.45, 2.75) is 11.1 Å². The second kappa shape index (κ2) is 10.3. The van der Waals surface area contributed by atoms with Crippen LogP contribution in [0.3, 0.4) is 0 Å². The lowest BCUT2D eigenvalue weighted by molar-refractivity contribution is -0.145. The quantitative estimate of drug-likeness (QED) is 0.264. The first kappa shape index (κ1) is 24.6. The van der Waals surface area contributed by atoms with Gasteiger partial charge in [-0.15, -0.1) is 0 Å². The van der Waals surface area contributed by atoms with Gasteiger partial charge in [-0.3, -0.25) is 10.3 Å². The maximum absolute atomic E-state index is 14.8. The highest BCUT2D eigenvalue weighted by atomic mass is 32.2. The van der Waals surface area contributed by atoms with Gasteiger partial charge in [0.15, 0.2) is 6.23 Å². The first-order chi connectivity index (χ1) is 16.2. The van der Waals surface area contributed by atoms with Crippen LogP contribution in [0.15, 0.2) is 72.0 Å². The number of aromatic nitrogens is 2. The number of carboxylic acids is 1. The highest BCUT2D eigenvalue weighted by Gasteiger charge is 2.27. The molecule has 0 saturated heterocycles. The molecule has 0 aliphatic rings. The van der Waals surface area contributed by atoms with Crippen LogP contribution in [0.1, 0.15) is 11.8 Å². The van der Waals surface area contributed by atoms with E-state index in [2.05, 4.69) is 10.3 Å². The Morgan fingerprint density at radius 3 is 2.62 bits per heavy atom. The number of esters is 1. The molecule has 1 unspecified atom stereocenters. The SMILES string of the molecule is CNC(OC(=O)/C=C/C(=O)O)c1cc(-c2cc(OC)ccc2F)n(S(=O)(=O)c2cccnc2)c1. The molecule has 2 heterocycles. The van der Waals surface area contributed by atoms with E-state index >= 15 is 0 Å². The predicted molar refractivity (Wildman–Crippen MR) is 118 cm³/mol. The first-order valence-electron chi connectivity index (χ1n) is 9.68. The predicted octanol–water partition coefficient (Wildman–Crippen LogP) is 2.34. The van der Waals surface area contributed by atoms with Crippen LogP contribution in [-0.2, 0) is 24.3 Å². The molecular formula is C22H20FN3O7S. The zero-order valence-corrected chi connectivity index (χ0v) is 18.8. The Morgan fingerprint density at radius 1 is 1.24 bits per heavy atom. The number of carbonyl (C=O) groups is 2. The molecule has 34 heavy (non-hydrogen) atoms. The van der Waals surface area contributed by atoms with Gasteiger partial charge in [0.1, 0.15) is 16.5 Å². The Kier molecular flexibility index (Phi) is 7.44. The van der Waals surface area contributed by atoms with Gasteiger partial charge in [-0.25, -0.2) is 26.4 Å². The summed E-state index contributed by atoms with van der Waals surface area (Å²) < 4.78 is 52.8. The van der Waals surface area contributed by atoms with E-state index in [4.69, 9.17) is 14.6 Å². The molecule has 2 aromatic heterocycles. The number of rotatable bonds is 9. The largest absolute Gasteiger partial charge is 0.497 e. The highest BCUT2D eigenvalue weighted by Crippen LogP contribution is 2.33. The molecule has 0 aliphatic heterocycles. The maximum atomic E-state index is 14.8. The molecule has 1 aromatic carbocycles. The van der Waals surface area contributed by atoms with Crippen molar-refractivity contribution in [3.8, 4) is 17.0 Å². The molecule has 0 bridgehead atoms. The van der Waals surface area contributed by atoms with Gasteiger partial charge < -0.3 is 14.6 Å². The minimum atomic E-state index is -4.24. The summed E-state index contributed by atoms with van der Waals surface area (Å²) in [7, 11) is -1.41. The summed E-state index contributed by atoms with van der Waals surface area (Å²) >= 11 is 0. The highest BCUT2D eigenvalue weighted by molar-refractivity contribution is 7.90. The minimum Gasteiger partial charge on any atom is -0.497 e. The lowest BCUT2D eigenvalue weighted by Gasteiger charge is -2.14. The van der Waals surface area contributed by atoms with Gasteiger partial charge >= 0.3 is 11.9 Å². The Morgan fingerprint density at radius 2 is 2.00 bits per heavy atom.